The zero-order valence-electron chi connectivity index (χ0n) is 15.9. The molecule has 1 heterocycles. The highest BCUT2D eigenvalue weighted by atomic mass is 16.6. The van der Waals surface area contributed by atoms with Crippen LogP contribution in [0.1, 0.15) is 35.9 Å². The minimum atomic E-state index is -0.635. The second kappa shape index (κ2) is 8.96. The summed E-state index contributed by atoms with van der Waals surface area (Å²) in [5.74, 6) is -0.248. The normalized spacial score (nSPS) is 10.7. The van der Waals surface area contributed by atoms with Gasteiger partial charge in [-0.15, -0.1) is 0 Å². The summed E-state index contributed by atoms with van der Waals surface area (Å²) in [5.41, 5.74) is 6.19. The quantitative estimate of drug-likeness (QED) is 0.471. The van der Waals surface area contributed by atoms with Gasteiger partial charge in [0, 0.05) is 24.1 Å². The summed E-state index contributed by atoms with van der Waals surface area (Å²) in [5, 5.41) is 10.8. The number of nitro benzene ring substituents is 1. The van der Waals surface area contributed by atoms with Gasteiger partial charge in [-0.05, 0) is 24.6 Å². The van der Waals surface area contributed by atoms with Gasteiger partial charge >= 0.3 is 0 Å². The van der Waals surface area contributed by atoms with Gasteiger partial charge in [0.15, 0.2) is 0 Å². The van der Waals surface area contributed by atoms with Gasteiger partial charge < -0.3 is 4.57 Å². The van der Waals surface area contributed by atoms with Crippen LogP contribution in [0, 0.1) is 10.1 Å². The first kappa shape index (κ1) is 20.0. The van der Waals surface area contributed by atoms with Crippen LogP contribution in [-0.4, -0.2) is 26.3 Å². The van der Waals surface area contributed by atoms with Crippen LogP contribution in [0.15, 0.2) is 48.5 Å². The van der Waals surface area contributed by atoms with Crippen LogP contribution < -0.4 is 10.9 Å². The fourth-order valence-electron chi connectivity index (χ4n) is 2.97. The number of imidazole rings is 1. The highest BCUT2D eigenvalue weighted by molar-refractivity contribution is 5.96. The number of amides is 2. The number of hydrazine groups is 1. The van der Waals surface area contributed by atoms with E-state index in [2.05, 4.69) is 22.8 Å². The first-order valence-corrected chi connectivity index (χ1v) is 9.27. The summed E-state index contributed by atoms with van der Waals surface area (Å²) in [6.07, 6.45) is 2.71. The third-order valence-corrected chi connectivity index (χ3v) is 4.42. The number of carbonyl (C=O) groups excluding carboxylic acids is 2. The second-order valence-electron chi connectivity index (χ2n) is 6.52. The number of hydrogen-bond donors (Lipinski definition) is 2. The lowest BCUT2D eigenvalue weighted by Crippen LogP contribution is -2.43. The van der Waals surface area contributed by atoms with Gasteiger partial charge in [0.1, 0.15) is 12.4 Å². The minimum Gasteiger partial charge on any atom is -0.318 e. The molecule has 2 amide bonds. The van der Waals surface area contributed by atoms with Crippen molar-refractivity contribution in [2.24, 2.45) is 0 Å². The lowest BCUT2D eigenvalue weighted by atomic mass is 10.2. The summed E-state index contributed by atoms with van der Waals surface area (Å²) in [6.45, 7) is 2.08. The molecule has 0 radical (unpaired) electrons. The molecule has 0 atom stereocenters. The first-order valence-electron chi connectivity index (χ1n) is 9.27. The number of aromatic nitrogens is 2. The van der Waals surface area contributed by atoms with Gasteiger partial charge in [0.05, 0.1) is 16.0 Å². The number of carbonyl (C=O) groups is 2. The number of nitro groups is 1. The highest BCUT2D eigenvalue weighted by Crippen LogP contribution is 2.17. The molecule has 0 saturated carbocycles. The summed E-state index contributed by atoms with van der Waals surface area (Å²) >= 11 is 0. The van der Waals surface area contributed by atoms with Gasteiger partial charge in [0.2, 0.25) is 0 Å². The molecule has 0 fully saturated rings. The van der Waals surface area contributed by atoms with E-state index in [0.717, 1.165) is 42.2 Å². The molecule has 150 valence electrons. The van der Waals surface area contributed by atoms with Gasteiger partial charge in [-0.1, -0.05) is 31.5 Å². The third kappa shape index (κ3) is 4.75. The molecule has 2 N–H and O–H groups in total. The zero-order valence-corrected chi connectivity index (χ0v) is 15.9. The van der Waals surface area contributed by atoms with Crippen molar-refractivity contribution in [3.05, 3.63) is 70.0 Å². The molecule has 0 aliphatic carbocycles. The maximum absolute atomic E-state index is 12.4. The molecular weight excluding hydrogens is 374 g/mol. The molecule has 9 nitrogen and oxygen atoms in total. The van der Waals surface area contributed by atoms with Crippen LogP contribution in [-0.2, 0) is 17.8 Å². The van der Waals surface area contributed by atoms with Crippen molar-refractivity contribution in [3.63, 3.8) is 0 Å². The van der Waals surface area contributed by atoms with Crippen molar-refractivity contribution in [3.8, 4) is 0 Å². The Hall–Kier alpha value is -3.75. The number of rotatable bonds is 7. The Morgan fingerprint density at radius 3 is 2.69 bits per heavy atom. The fraction of sp³-hybridized carbons (Fsp3) is 0.250. The van der Waals surface area contributed by atoms with Crippen LogP contribution >= 0.6 is 0 Å². The Morgan fingerprint density at radius 1 is 1.14 bits per heavy atom. The van der Waals surface area contributed by atoms with E-state index < -0.39 is 16.7 Å². The van der Waals surface area contributed by atoms with E-state index in [0.29, 0.717) is 0 Å². The first-order chi connectivity index (χ1) is 14.0. The lowest BCUT2D eigenvalue weighted by Gasteiger charge is -2.11. The molecule has 0 unspecified atom stereocenters. The lowest BCUT2D eigenvalue weighted by molar-refractivity contribution is -0.384. The van der Waals surface area contributed by atoms with E-state index in [-0.39, 0.29) is 17.8 Å². The maximum atomic E-state index is 12.4. The van der Waals surface area contributed by atoms with Gasteiger partial charge in [0.25, 0.3) is 17.5 Å². The molecule has 9 heteroatoms. The Kier molecular flexibility index (Phi) is 6.18. The van der Waals surface area contributed by atoms with E-state index in [1.807, 2.05) is 28.8 Å². The largest absolute Gasteiger partial charge is 0.318 e. The molecule has 0 aliphatic heterocycles. The number of fused-ring (bicyclic) bond motifs is 1. The van der Waals surface area contributed by atoms with Crippen molar-refractivity contribution < 1.29 is 14.5 Å². The summed E-state index contributed by atoms with van der Waals surface area (Å²) in [6, 6.07) is 12.8. The van der Waals surface area contributed by atoms with Crippen LogP contribution in [0.4, 0.5) is 5.69 Å². The standard InChI is InChI=1S/C20H21N5O4/c1-2-3-11-18-21-16-9-4-5-10-17(16)24(18)13-19(26)22-23-20(27)14-7-6-8-15(12-14)25(28)29/h4-10,12H,2-3,11,13H2,1H3,(H,22,26)(H,23,27). The number of unbranched alkanes of at least 4 members (excludes halogenated alkanes) is 1. The second-order valence-corrected chi connectivity index (χ2v) is 6.52. The SMILES string of the molecule is CCCCc1nc2ccccc2n1CC(=O)NNC(=O)c1cccc([N+](=O)[O-])c1. The molecule has 0 aliphatic rings. The summed E-state index contributed by atoms with van der Waals surface area (Å²) < 4.78 is 1.83. The molecule has 3 rings (SSSR count). The average molecular weight is 395 g/mol. The molecule has 0 saturated heterocycles. The number of hydrogen-bond acceptors (Lipinski definition) is 5. The van der Waals surface area contributed by atoms with Crippen molar-refractivity contribution in [2.75, 3.05) is 0 Å². The molecule has 0 bridgehead atoms. The molecule has 0 spiro atoms. The van der Waals surface area contributed by atoms with Crippen LogP contribution in [0.25, 0.3) is 11.0 Å². The van der Waals surface area contributed by atoms with E-state index in [1.165, 1.54) is 18.2 Å². The third-order valence-electron chi connectivity index (χ3n) is 4.42. The van der Waals surface area contributed by atoms with Crippen LogP contribution in [0.2, 0.25) is 0 Å². The predicted octanol–water partition coefficient (Wildman–Crippen LogP) is 2.75. The van der Waals surface area contributed by atoms with E-state index >= 15 is 0 Å². The number of nitrogens with zero attached hydrogens (tertiary/aromatic N) is 3. The van der Waals surface area contributed by atoms with Gasteiger partial charge in [-0.2, -0.15) is 0 Å². The number of non-ortho nitro benzene ring substituents is 1. The Bertz CT molecular complexity index is 1060. The number of para-hydroxylation sites is 2. The van der Waals surface area contributed by atoms with Crippen molar-refractivity contribution in [1.29, 1.82) is 0 Å². The van der Waals surface area contributed by atoms with Crippen molar-refractivity contribution in [2.45, 2.75) is 32.7 Å². The van der Waals surface area contributed by atoms with Crippen LogP contribution in [0.5, 0.6) is 0 Å². The summed E-state index contributed by atoms with van der Waals surface area (Å²) in [4.78, 5) is 39.4. The molecular formula is C20H21N5O4. The Balaban J connectivity index is 1.68. The van der Waals surface area contributed by atoms with E-state index in [4.69, 9.17) is 0 Å². The fourth-order valence-corrected chi connectivity index (χ4v) is 2.97. The average Bonchev–Trinajstić information content (AvgIpc) is 3.07. The number of nitrogens with one attached hydrogen (secondary N) is 2. The van der Waals surface area contributed by atoms with Crippen molar-refractivity contribution in [1.82, 2.24) is 20.4 Å². The Labute approximate surface area is 166 Å². The van der Waals surface area contributed by atoms with Gasteiger partial charge in [-0.25, -0.2) is 4.98 Å². The van der Waals surface area contributed by atoms with Gasteiger partial charge in [-0.3, -0.25) is 30.6 Å². The number of aryl methyl sites for hydroxylation is 1. The molecule has 1 aromatic heterocycles. The topological polar surface area (TPSA) is 119 Å². The summed E-state index contributed by atoms with van der Waals surface area (Å²) in [7, 11) is 0. The zero-order chi connectivity index (χ0) is 20.8. The molecule has 2 aromatic carbocycles. The van der Waals surface area contributed by atoms with E-state index in [1.54, 1.807) is 0 Å². The smallest absolute Gasteiger partial charge is 0.270 e. The monoisotopic (exact) mass is 395 g/mol. The number of benzene rings is 2. The molecule has 29 heavy (non-hydrogen) atoms. The maximum Gasteiger partial charge on any atom is 0.270 e. The predicted molar refractivity (Wildman–Crippen MR) is 107 cm³/mol. The molecule has 3 aromatic rings. The van der Waals surface area contributed by atoms with E-state index in [9.17, 15) is 19.7 Å². The highest BCUT2D eigenvalue weighted by Gasteiger charge is 2.15. The Morgan fingerprint density at radius 2 is 1.93 bits per heavy atom. The van der Waals surface area contributed by atoms with Crippen molar-refractivity contribution >= 4 is 28.5 Å². The van der Waals surface area contributed by atoms with Crippen LogP contribution in [0.3, 0.4) is 0 Å². The minimum absolute atomic E-state index is 0.00518.